The zero-order valence-corrected chi connectivity index (χ0v) is 19.0. The van der Waals surface area contributed by atoms with Crippen molar-refractivity contribution in [3.8, 4) is 16.3 Å². The molecule has 0 aliphatic heterocycles. The van der Waals surface area contributed by atoms with Crippen LogP contribution >= 0.6 is 11.3 Å². The average molecular weight is 467 g/mol. The third-order valence-corrected chi connectivity index (χ3v) is 7.09. The van der Waals surface area contributed by atoms with Crippen molar-refractivity contribution in [2.75, 3.05) is 7.05 Å². The lowest BCUT2D eigenvalue weighted by Gasteiger charge is -2.07. The first-order valence-corrected chi connectivity index (χ1v) is 12.4. The number of carbonyl (C=O) groups excluding carboxylic acids is 1. The lowest BCUT2D eigenvalue weighted by Crippen LogP contribution is -2.23. The number of carbonyl (C=O) groups is 1. The Morgan fingerprint density at radius 2 is 1.72 bits per heavy atom. The summed E-state index contributed by atoms with van der Waals surface area (Å²) >= 11 is 1.53. The van der Waals surface area contributed by atoms with E-state index in [1.807, 2.05) is 60.0 Å². The Morgan fingerprint density at radius 3 is 2.38 bits per heavy atom. The molecule has 1 amide bonds. The van der Waals surface area contributed by atoms with E-state index in [9.17, 15) is 13.2 Å². The second-order valence-electron chi connectivity index (χ2n) is 7.11. The Kier molecular flexibility index (Phi) is 6.50. The minimum atomic E-state index is -3.32. The Bertz CT molecular complexity index is 1300. The molecule has 7 nitrogen and oxygen atoms in total. The van der Waals surface area contributed by atoms with Gasteiger partial charge >= 0.3 is 0 Å². The molecule has 2 aromatic heterocycles. The van der Waals surface area contributed by atoms with E-state index in [0.29, 0.717) is 23.4 Å². The lowest BCUT2D eigenvalue weighted by atomic mass is 10.1. The Labute approximate surface area is 190 Å². The minimum absolute atomic E-state index is 0.0843. The van der Waals surface area contributed by atoms with Gasteiger partial charge in [0.2, 0.25) is 10.0 Å². The largest absolute Gasteiger partial charge is 0.348 e. The molecule has 0 aliphatic carbocycles. The smallest absolute Gasteiger partial charge is 0.255 e. The molecule has 2 heterocycles. The van der Waals surface area contributed by atoms with Gasteiger partial charge < -0.3 is 5.32 Å². The number of nitrogens with one attached hydrogen (secondary N) is 2. The number of hydrogen-bond acceptors (Lipinski definition) is 5. The first-order chi connectivity index (χ1) is 15.4. The second-order valence-corrected chi connectivity index (χ2v) is 9.99. The predicted octanol–water partition coefficient (Wildman–Crippen LogP) is 3.58. The monoisotopic (exact) mass is 466 g/mol. The molecule has 0 atom stereocenters. The van der Waals surface area contributed by atoms with Crippen molar-refractivity contribution in [1.82, 2.24) is 19.8 Å². The van der Waals surface area contributed by atoms with Crippen molar-refractivity contribution in [2.24, 2.45) is 0 Å². The van der Waals surface area contributed by atoms with E-state index in [-0.39, 0.29) is 11.7 Å². The molecule has 2 N–H and O–H groups in total. The zero-order chi connectivity index (χ0) is 22.6. The van der Waals surface area contributed by atoms with Crippen LogP contribution in [0.3, 0.4) is 0 Å². The highest BCUT2D eigenvalue weighted by molar-refractivity contribution is 7.88. The molecule has 4 aromatic rings. The molecule has 0 saturated heterocycles. The van der Waals surface area contributed by atoms with Gasteiger partial charge in [-0.05, 0) is 41.8 Å². The highest BCUT2D eigenvalue weighted by Crippen LogP contribution is 2.27. The normalized spacial score (nSPS) is 11.4. The number of thiophene rings is 1. The van der Waals surface area contributed by atoms with Crippen LogP contribution in [0.1, 0.15) is 21.5 Å². The quantitative estimate of drug-likeness (QED) is 0.415. The summed E-state index contributed by atoms with van der Waals surface area (Å²) in [6.07, 6.45) is 1.74. The van der Waals surface area contributed by atoms with Crippen LogP contribution in [0.2, 0.25) is 0 Å². The molecule has 0 spiro atoms. The third-order valence-electron chi connectivity index (χ3n) is 4.88. The average Bonchev–Trinajstić information content (AvgIpc) is 3.49. The Hall–Kier alpha value is -3.27. The number of amides is 1. The lowest BCUT2D eigenvalue weighted by molar-refractivity contribution is 0.0951. The maximum atomic E-state index is 13.0. The number of nitrogens with zero attached hydrogens (tertiary/aromatic N) is 2. The van der Waals surface area contributed by atoms with Gasteiger partial charge in [0.15, 0.2) is 0 Å². The standard InChI is InChI=1S/C23H22N4O3S2/c1-24-32(29,30)16-18-11-9-17(10-12-18)14-25-23(28)20-15-27(19-6-3-2-4-7-19)26-22(20)21-8-5-13-31-21/h2-13,15,24H,14,16H2,1H3,(H,25,28). The topological polar surface area (TPSA) is 93.1 Å². The summed E-state index contributed by atoms with van der Waals surface area (Å²) in [6, 6.07) is 20.6. The molecule has 0 radical (unpaired) electrons. The summed E-state index contributed by atoms with van der Waals surface area (Å²) in [5.74, 6) is -0.309. The predicted molar refractivity (Wildman–Crippen MR) is 126 cm³/mol. The van der Waals surface area contributed by atoms with Crippen LogP contribution in [0.4, 0.5) is 0 Å². The van der Waals surface area contributed by atoms with Crippen molar-refractivity contribution in [3.05, 3.63) is 95.0 Å². The van der Waals surface area contributed by atoms with Gasteiger partial charge in [0.25, 0.3) is 5.91 Å². The van der Waals surface area contributed by atoms with Crippen LogP contribution in [0.5, 0.6) is 0 Å². The SMILES string of the molecule is CNS(=O)(=O)Cc1ccc(CNC(=O)c2cn(-c3ccccc3)nc2-c2cccs2)cc1. The second kappa shape index (κ2) is 9.47. The Balaban J connectivity index is 1.51. The molecule has 2 aromatic carbocycles. The van der Waals surface area contributed by atoms with Gasteiger partial charge in [-0.2, -0.15) is 5.10 Å². The highest BCUT2D eigenvalue weighted by atomic mass is 32.2. The first kappa shape index (κ1) is 21.9. The van der Waals surface area contributed by atoms with E-state index in [1.165, 1.54) is 18.4 Å². The third kappa shape index (κ3) is 5.13. The molecule has 0 saturated carbocycles. The fourth-order valence-electron chi connectivity index (χ4n) is 3.17. The van der Waals surface area contributed by atoms with Crippen molar-refractivity contribution in [1.29, 1.82) is 0 Å². The number of para-hydroxylation sites is 1. The van der Waals surface area contributed by atoms with Gasteiger partial charge in [0.05, 0.1) is 21.9 Å². The van der Waals surface area contributed by atoms with Crippen LogP contribution in [0.15, 0.2) is 78.3 Å². The van der Waals surface area contributed by atoms with E-state index < -0.39 is 10.0 Å². The maximum absolute atomic E-state index is 13.0. The van der Waals surface area contributed by atoms with Gasteiger partial charge in [-0.1, -0.05) is 48.5 Å². The van der Waals surface area contributed by atoms with Crippen LogP contribution in [0, 0.1) is 0 Å². The van der Waals surface area contributed by atoms with Gasteiger partial charge in [0, 0.05) is 12.7 Å². The van der Waals surface area contributed by atoms with Crippen LogP contribution in [0.25, 0.3) is 16.3 Å². The molecule has 0 bridgehead atoms. The first-order valence-electron chi connectivity index (χ1n) is 9.91. The number of rotatable bonds is 8. The summed E-state index contributed by atoms with van der Waals surface area (Å²) in [5, 5.41) is 9.55. The van der Waals surface area contributed by atoms with Crippen molar-refractivity contribution in [2.45, 2.75) is 12.3 Å². The van der Waals surface area contributed by atoms with E-state index in [0.717, 1.165) is 16.1 Å². The van der Waals surface area contributed by atoms with Crippen molar-refractivity contribution >= 4 is 27.3 Å². The summed E-state index contributed by atoms with van der Waals surface area (Å²) < 4.78 is 27.4. The molecule has 0 fully saturated rings. The molecule has 0 unspecified atom stereocenters. The molecule has 0 aliphatic rings. The summed E-state index contributed by atoms with van der Waals surface area (Å²) in [5.41, 5.74) is 3.55. The summed E-state index contributed by atoms with van der Waals surface area (Å²) in [7, 11) is -1.93. The minimum Gasteiger partial charge on any atom is -0.348 e. The number of benzene rings is 2. The van der Waals surface area contributed by atoms with Crippen LogP contribution in [-0.4, -0.2) is 31.2 Å². The van der Waals surface area contributed by atoms with Crippen molar-refractivity contribution in [3.63, 3.8) is 0 Å². The molecule has 32 heavy (non-hydrogen) atoms. The molecular weight excluding hydrogens is 444 g/mol. The van der Waals surface area contributed by atoms with E-state index >= 15 is 0 Å². The molecule has 164 valence electrons. The van der Waals surface area contributed by atoms with Crippen LogP contribution < -0.4 is 10.0 Å². The Morgan fingerprint density at radius 1 is 1.00 bits per heavy atom. The van der Waals surface area contributed by atoms with Gasteiger partial charge in [-0.25, -0.2) is 17.8 Å². The maximum Gasteiger partial charge on any atom is 0.255 e. The fraction of sp³-hybridized carbons (Fsp3) is 0.130. The van der Waals surface area contributed by atoms with Crippen LogP contribution in [-0.2, 0) is 22.3 Å². The summed E-state index contributed by atoms with van der Waals surface area (Å²) in [4.78, 5) is 13.9. The van der Waals surface area contributed by atoms with Gasteiger partial charge in [0.1, 0.15) is 5.69 Å². The molecular formula is C23H22N4O3S2. The molecule has 9 heteroatoms. The van der Waals surface area contributed by atoms with Crippen molar-refractivity contribution < 1.29 is 13.2 Å². The number of hydrogen-bond donors (Lipinski definition) is 2. The highest BCUT2D eigenvalue weighted by Gasteiger charge is 2.19. The van der Waals surface area contributed by atoms with E-state index in [4.69, 9.17) is 0 Å². The van der Waals surface area contributed by atoms with Gasteiger partial charge in [-0.15, -0.1) is 11.3 Å². The van der Waals surface area contributed by atoms with E-state index in [1.54, 1.807) is 23.0 Å². The summed E-state index contributed by atoms with van der Waals surface area (Å²) in [6.45, 7) is 0.318. The van der Waals surface area contributed by atoms with Gasteiger partial charge in [-0.3, -0.25) is 4.79 Å². The number of aromatic nitrogens is 2. The zero-order valence-electron chi connectivity index (χ0n) is 17.4. The number of sulfonamides is 1. The molecule has 4 rings (SSSR count). The van der Waals surface area contributed by atoms with E-state index in [2.05, 4.69) is 15.1 Å². The fourth-order valence-corrected chi connectivity index (χ4v) is 4.67.